The van der Waals surface area contributed by atoms with Crippen LogP contribution in [-0.4, -0.2) is 90.2 Å². The van der Waals surface area contributed by atoms with Crippen molar-refractivity contribution in [2.45, 2.75) is 177 Å². The largest absolute Gasteiger partial charge is 0.481 e. The normalized spacial score (nSPS) is 28.2. The van der Waals surface area contributed by atoms with Crippen LogP contribution in [-0.2, 0) is 33.2 Å². The molecule has 4 aliphatic rings. The van der Waals surface area contributed by atoms with E-state index < -0.39 is 66.2 Å². The lowest BCUT2D eigenvalue weighted by atomic mass is 9.43. The third-order valence-corrected chi connectivity index (χ3v) is 12.1. The molecular weight excluding hydrogens is 635 g/mol. The number of nitrogens with zero attached hydrogens (tertiary/aromatic N) is 1. The first-order valence-corrected chi connectivity index (χ1v) is 19.1. The van der Waals surface area contributed by atoms with Crippen LogP contribution in [0.15, 0.2) is 0 Å². The topological polar surface area (TPSA) is 135 Å². The minimum Gasteiger partial charge on any atom is -0.404 e. The molecule has 0 spiro atoms. The average molecular weight is 705 g/mol. The highest BCUT2D eigenvalue weighted by Gasteiger charge is 2.68. The predicted molar refractivity (Wildman–Crippen MR) is 197 cm³/mol. The Balaban J connectivity index is 1.88. The summed E-state index contributed by atoms with van der Waals surface area (Å²) in [4.78, 5) is 56.0. The molecule has 11 atom stereocenters. The monoisotopic (exact) mass is 705 g/mol. The van der Waals surface area contributed by atoms with Crippen molar-refractivity contribution in [2.24, 2.45) is 35.0 Å². The van der Waals surface area contributed by atoms with E-state index >= 15 is 0 Å². The number of carbonyl (C=O) groups excluding carboxylic acids is 4. The van der Waals surface area contributed by atoms with Gasteiger partial charge in [0, 0.05) is 14.0 Å². The summed E-state index contributed by atoms with van der Waals surface area (Å²) in [6, 6.07) is -2.76. The van der Waals surface area contributed by atoms with Crippen molar-refractivity contribution in [2.75, 3.05) is 7.05 Å². The molecule has 3 saturated carbocycles. The van der Waals surface area contributed by atoms with E-state index in [1.807, 2.05) is 48.5 Å². The van der Waals surface area contributed by atoms with Gasteiger partial charge < -0.3 is 34.9 Å². The van der Waals surface area contributed by atoms with E-state index in [9.17, 15) is 19.2 Å². The van der Waals surface area contributed by atoms with Gasteiger partial charge in [0.1, 0.15) is 18.1 Å². The molecule has 286 valence electrons. The van der Waals surface area contributed by atoms with Crippen LogP contribution in [0.1, 0.15) is 129 Å². The molecule has 0 aromatic heterocycles. The minimum absolute atomic E-state index is 0.0318. The fourth-order valence-electron chi connectivity index (χ4n) is 8.53. The second-order valence-corrected chi connectivity index (χ2v) is 17.8. The molecule has 3 N–H and O–H groups in total. The van der Waals surface area contributed by atoms with Crippen LogP contribution >= 0.6 is 0 Å². The van der Waals surface area contributed by atoms with Crippen LogP contribution in [0.25, 0.3) is 0 Å². The lowest BCUT2D eigenvalue weighted by molar-refractivity contribution is -0.199. The van der Waals surface area contributed by atoms with E-state index in [4.69, 9.17) is 14.0 Å². The lowest BCUT2D eigenvalue weighted by Gasteiger charge is -2.64. The zero-order valence-electron chi connectivity index (χ0n) is 33.8. The highest BCUT2D eigenvalue weighted by Crippen LogP contribution is 2.65. The molecule has 12 heteroatoms. The van der Waals surface area contributed by atoms with Crippen molar-refractivity contribution < 1.29 is 33.2 Å². The third-order valence-electron chi connectivity index (χ3n) is 12.1. The molecule has 4 rings (SSSR count). The molecule has 1 aliphatic heterocycles. The maximum atomic E-state index is 14.4. The van der Waals surface area contributed by atoms with E-state index in [0.717, 1.165) is 12.8 Å². The predicted octanol–water partition coefficient (Wildman–Crippen LogP) is 4.90. The highest BCUT2D eigenvalue weighted by atomic mass is 16.7. The van der Waals surface area contributed by atoms with Crippen LogP contribution in [0, 0.1) is 35.0 Å². The van der Waals surface area contributed by atoms with Crippen LogP contribution in [0.5, 0.6) is 0 Å². The van der Waals surface area contributed by atoms with Gasteiger partial charge in [-0.2, -0.15) is 0 Å². The van der Waals surface area contributed by atoms with Gasteiger partial charge in [-0.05, 0) is 88.9 Å². The Morgan fingerprint density at radius 2 is 1.44 bits per heavy atom. The maximum Gasteiger partial charge on any atom is 0.481 e. The number of nitrogens with one attached hydrogen (secondary N) is 3. The van der Waals surface area contributed by atoms with Crippen molar-refractivity contribution in [3.05, 3.63) is 0 Å². The van der Waals surface area contributed by atoms with Gasteiger partial charge in [0.05, 0.1) is 29.4 Å². The summed E-state index contributed by atoms with van der Waals surface area (Å²) in [6.45, 7) is 27.6. The summed E-state index contributed by atoms with van der Waals surface area (Å²) in [5.41, 5.74) is -0.835. The number of ether oxygens (including phenoxy) is 1. The zero-order chi connectivity index (χ0) is 38.1. The summed E-state index contributed by atoms with van der Waals surface area (Å²) in [5, 5.41) is 9.14. The zero-order valence-corrected chi connectivity index (χ0v) is 33.8. The van der Waals surface area contributed by atoms with E-state index in [1.54, 1.807) is 14.0 Å². The Hall–Kier alpha value is -2.18. The number of amides is 4. The number of likely N-dealkylation sites (N-methyl/N-ethyl adjacent to an activating group) is 1. The first kappa shape index (κ1) is 42.2. The van der Waals surface area contributed by atoms with Gasteiger partial charge in [-0.15, -0.1) is 0 Å². The summed E-state index contributed by atoms with van der Waals surface area (Å²) in [6.07, 6.45) is 3.23. The van der Waals surface area contributed by atoms with E-state index in [-0.39, 0.29) is 35.2 Å². The minimum atomic E-state index is -1.07. The molecule has 1 heterocycles. The molecule has 1 saturated heterocycles. The Bertz CT molecular complexity index is 1220. The smallest absolute Gasteiger partial charge is 0.404 e. The Morgan fingerprint density at radius 3 is 1.94 bits per heavy atom. The second kappa shape index (κ2) is 16.2. The Morgan fingerprint density at radius 1 is 0.880 bits per heavy atom. The molecule has 0 unspecified atom stereocenters. The molecule has 50 heavy (non-hydrogen) atoms. The molecule has 0 radical (unpaired) electrons. The van der Waals surface area contributed by atoms with Gasteiger partial charge in [-0.3, -0.25) is 19.2 Å². The van der Waals surface area contributed by atoms with Crippen molar-refractivity contribution in [1.29, 1.82) is 0 Å². The van der Waals surface area contributed by atoms with Gasteiger partial charge in [0.25, 0.3) is 0 Å². The van der Waals surface area contributed by atoms with E-state index in [0.29, 0.717) is 31.1 Å². The summed E-state index contributed by atoms with van der Waals surface area (Å²) >= 11 is 0. The molecular formula is C38H69BN4O7. The summed E-state index contributed by atoms with van der Waals surface area (Å²) in [5.74, 6) is -1.14. The summed E-state index contributed by atoms with van der Waals surface area (Å²) < 4.78 is 19.7. The van der Waals surface area contributed by atoms with E-state index in [1.165, 1.54) is 11.8 Å². The molecule has 0 aromatic rings. The van der Waals surface area contributed by atoms with Crippen LogP contribution in [0.4, 0.5) is 0 Å². The third kappa shape index (κ3) is 9.24. The lowest BCUT2D eigenvalue weighted by Crippen LogP contribution is -2.65. The molecule has 2 bridgehead atoms. The molecule has 11 nitrogen and oxygen atoms in total. The van der Waals surface area contributed by atoms with Gasteiger partial charge in [-0.25, -0.2) is 0 Å². The van der Waals surface area contributed by atoms with Gasteiger partial charge in [0.15, 0.2) is 0 Å². The first-order chi connectivity index (χ1) is 23.0. The van der Waals surface area contributed by atoms with E-state index in [2.05, 4.69) is 50.6 Å². The van der Waals surface area contributed by atoms with Crippen LogP contribution < -0.4 is 16.0 Å². The van der Waals surface area contributed by atoms with Gasteiger partial charge in [-0.1, -0.05) is 68.2 Å². The number of carbonyl (C=O) groups is 4. The number of hydrogen-bond donors (Lipinski definition) is 3. The van der Waals surface area contributed by atoms with Gasteiger partial charge in [0.2, 0.25) is 23.6 Å². The fourth-order valence-corrected chi connectivity index (χ4v) is 8.53. The summed E-state index contributed by atoms with van der Waals surface area (Å²) in [7, 11) is 0.984. The first-order valence-electron chi connectivity index (χ1n) is 19.1. The molecule has 4 fully saturated rings. The van der Waals surface area contributed by atoms with Gasteiger partial charge >= 0.3 is 7.12 Å². The number of hydrogen-bond acceptors (Lipinski definition) is 7. The maximum absolute atomic E-state index is 14.4. The quantitative estimate of drug-likeness (QED) is 0.195. The molecule has 4 amide bonds. The Kier molecular flexibility index (Phi) is 13.7. The Labute approximate surface area is 303 Å². The standard InChI is InChI=1S/C38H69BN4O7/c1-16-22(5)30(41-35(47)32(23(6)17-2)43(15)25(8)44)33(45)42-31(24(7)48-36(9,10)11)34(46)40-29(18-21(3)4)39-49-28-20-26-19-27(37(26,12)13)38(28,14)50-39/h21-24,26-32H,16-20H2,1-15H3,(H,40,46)(H,41,47)(H,42,45)/t22-,23-,24+,26-,27-,28+,29-,30-,31-,32-,38-/m0/s1. The van der Waals surface area contributed by atoms with Crippen LogP contribution in [0.2, 0.25) is 0 Å². The second-order valence-electron chi connectivity index (χ2n) is 17.8. The van der Waals surface area contributed by atoms with Crippen molar-refractivity contribution in [3.8, 4) is 0 Å². The number of rotatable bonds is 16. The van der Waals surface area contributed by atoms with Crippen LogP contribution in [0.3, 0.4) is 0 Å². The fraction of sp³-hybridized carbons (Fsp3) is 0.895. The van der Waals surface area contributed by atoms with Crippen molar-refractivity contribution in [3.63, 3.8) is 0 Å². The molecule has 0 aromatic carbocycles. The highest BCUT2D eigenvalue weighted by molar-refractivity contribution is 6.48. The van der Waals surface area contributed by atoms with Crippen molar-refractivity contribution in [1.82, 2.24) is 20.9 Å². The average Bonchev–Trinajstić information content (AvgIpc) is 3.37. The molecule has 3 aliphatic carbocycles. The SMILES string of the molecule is CC[C@H](C)[C@H](NC(=O)[C@H]([C@@H](C)CC)N(C)C(C)=O)C(=O)N[C@H](C(=O)N[C@@H](CC(C)C)B1O[C@@H]2C[C@@H]3C[C@@H](C3(C)C)[C@]2(C)O1)[C@@H](C)OC(C)(C)C. The van der Waals surface area contributed by atoms with Crippen molar-refractivity contribution >= 4 is 30.7 Å².